The van der Waals surface area contributed by atoms with Crippen molar-refractivity contribution in [2.24, 2.45) is 5.73 Å². The van der Waals surface area contributed by atoms with E-state index in [1.807, 2.05) is 29.1 Å². The molecule has 3 atom stereocenters. The van der Waals surface area contributed by atoms with Gasteiger partial charge < -0.3 is 25.7 Å². The van der Waals surface area contributed by atoms with Crippen molar-refractivity contribution < 1.29 is 19.7 Å². The topological polar surface area (TPSA) is 139 Å². The Hall–Kier alpha value is -2.75. The van der Waals surface area contributed by atoms with Gasteiger partial charge >= 0.3 is 0 Å². The zero-order chi connectivity index (χ0) is 23.1. The van der Waals surface area contributed by atoms with Crippen LogP contribution in [-0.4, -0.2) is 61.3 Å². The van der Waals surface area contributed by atoms with Gasteiger partial charge in [0.15, 0.2) is 5.82 Å². The van der Waals surface area contributed by atoms with E-state index in [2.05, 4.69) is 18.0 Å². The number of fused-ring (bicyclic) bond motifs is 1. The van der Waals surface area contributed by atoms with Gasteiger partial charge in [-0.05, 0) is 31.7 Å². The van der Waals surface area contributed by atoms with E-state index in [1.54, 1.807) is 0 Å². The maximum absolute atomic E-state index is 9.51. The van der Waals surface area contributed by atoms with Crippen molar-refractivity contribution in [2.45, 2.75) is 64.1 Å². The van der Waals surface area contributed by atoms with Gasteiger partial charge in [-0.15, -0.1) is 0 Å². The Morgan fingerprint density at radius 3 is 2.78 bits per heavy atom. The first-order valence-corrected chi connectivity index (χ1v) is 11.1. The number of nitrogens with zero attached hydrogens (tertiary/aromatic N) is 3. The van der Waals surface area contributed by atoms with Crippen LogP contribution < -0.4 is 5.73 Å². The number of aliphatic carboxylic acids is 1. The van der Waals surface area contributed by atoms with E-state index in [0.717, 1.165) is 61.5 Å². The number of hydrogen-bond acceptors (Lipinski definition) is 6. The summed E-state index contributed by atoms with van der Waals surface area (Å²) in [5.41, 5.74) is 8.46. The second-order valence-electron chi connectivity index (χ2n) is 8.09. The average molecular weight is 444 g/mol. The lowest BCUT2D eigenvalue weighted by Crippen LogP contribution is -2.42. The van der Waals surface area contributed by atoms with Crippen molar-refractivity contribution in [3.63, 3.8) is 0 Å². The van der Waals surface area contributed by atoms with Crippen LogP contribution in [0.3, 0.4) is 0 Å². The number of hydrogen-bond donors (Lipinski definition) is 4. The number of carbonyl (C=O) groups is 1. The van der Waals surface area contributed by atoms with Crippen molar-refractivity contribution in [3.05, 3.63) is 36.3 Å². The van der Waals surface area contributed by atoms with E-state index in [0.29, 0.717) is 12.4 Å². The van der Waals surface area contributed by atoms with Gasteiger partial charge in [0.1, 0.15) is 5.82 Å². The summed E-state index contributed by atoms with van der Waals surface area (Å²) in [5, 5.41) is 22.7. The largest absolute Gasteiger partial charge is 0.481 e. The van der Waals surface area contributed by atoms with E-state index in [1.165, 1.54) is 0 Å². The first-order valence-electron chi connectivity index (χ1n) is 11.1. The second-order valence-corrected chi connectivity index (χ2v) is 8.09. The number of H-pyrrole nitrogens is 1. The SMILES string of the molecule is CC(=O)O.CCCO[C@@H]1CC[C@H](c2nc(-c3c[nH]c4ccccc34)nn2CCO)C[C@H]1N. The third kappa shape index (κ3) is 5.73. The van der Waals surface area contributed by atoms with Crippen molar-refractivity contribution >= 4 is 16.9 Å². The monoisotopic (exact) mass is 443 g/mol. The highest BCUT2D eigenvalue weighted by atomic mass is 16.5. The Morgan fingerprint density at radius 2 is 2.09 bits per heavy atom. The number of ether oxygens (including phenoxy) is 1. The van der Waals surface area contributed by atoms with Gasteiger partial charge in [-0.2, -0.15) is 5.10 Å². The Balaban J connectivity index is 0.000000668. The molecule has 1 aromatic carbocycles. The summed E-state index contributed by atoms with van der Waals surface area (Å²) in [4.78, 5) is 17.2. The summed E-state index contributed by atoms with van der Waals surface area (Å²) < 4.78 is 7.76. The minimum Gasteiger partial charge on any atom is -0.481 e. The summed E-state index contributed by atoms with van der Waals surface area (Å²) >= 11 is 0. The molecule has 1 fully saturated rings. The van der Waals surface area contributed by atoms with Crippen LogP contribution >= 0.6 is 0 Å². The number of para-hydroxylation sites is 1. The third-order valence-electron chi connectivity index (χ3n) is 5.58. The minimum atomic E-state index is -0.833. The molecule has 1 saturated carbocycles. The fourth-order valence-corrected chi connectivity index (χ4v) is 4.17. The second kappa shape index (κ2) is 11.2. The van der Waals surface area contributed by atoms with Gasteiger partial charge in [0.2, 0.25) is 0 Å². The molecule has 0 spiro atoms. The van der Waals surface area contributed by atoms with E-state index in [4.69, 9.17) is 30.5 Å². The molecular weight excluding hydrogens is 410 g/mol. The number of benzene rings is 1. The summed E-state index contributed by atoms with van der Waals surface area (Å²) in [7, 11) is 0. The minimum absolute atomic E-state index is 0.00103. The summed E-state index contributed by atoms with van der Waals surface area (Å²) in [5.74, 6) is 1.01. The average Bonchev–Trinajstić information content (AvgIpc) is 3.37. The molecule has 0 radical (unpaired) electrons. The smallest absolute Gasteiger partial charge is 0.300 e. The Labute approximate surface area is 187 Å². The van der Waals surface area contributed by atoms with E-state index in [-0.39, 0.29) is 24.7 Å². The van der Waals surface area contributed by atoms with Crippen molar-refractivity contribution in [1.82, 2.24) is 19.7 Å². The summed E-state index contributed by atoms with van der Waals surface area (Å²) in [6.45, 7) is 4.42. The number of aromatic amines is 1. The first kappa shape index (κ1) is 23.9. The zero-order valence-corrected chi connectivity index (χ0v) is 18.7. The predicted octanol–water partition coefficient (Wildman–Crippen LogP) is 2.90. The van der Waals surface area contributed by atoms with Crippen LogP contribution in [0.4, 0.5) is 0 Å². The molecule has 9 heteroatoms. The third-order valence-corrected chi connectivity index (χ3v) is 5.58. The zero-order valence-electron chi connectivity index (χ0n) is 18.7. The van der Waals surface area contributed by atoms with Gasteiger partial charge in [-0.3, -0.25) is 4.79 Å². The number of aromatic nitrogens is 4. The van der Waals surface area contributed by atoms with Crippen LogP contribution in [0.25, 0.3) is 22.3 Å². The van der Waals surface area contributed by atoms with Crippen LogP contribution in [0, 0.1) is 0 Å². The molecular formula is C23H33N5O4. The predicted molar refractivity (Wildman–Crippen MR) is 122 cm³/mol. The molecule has 174 valence electrons. The number of carboxylic acids is 1. The molecule has 2 heterocycles. The normalized spacial score (nSPS) is 20.7. The Bertz CT molecular complexity index is 1010. The maximum atomic E-state index is 9.51. The molecule has 1 aliphatic carbocycles. The highest BCUT2D eigenvalue weighted by molar-refractivity contribution is 5.93. The molecule has 0 unspecified atom stereocenters. The lowest BCUT2D eigenvalue weighted by Gasteiger charge is -2.33. The van der Waals surface area contributed by atoms with Crippen LogP contribution in [-0.2, 0) is 16.1 Å². The van der Waals surface area contributed by atoms with Gasteiger partial charge in [0.05, 0.1) is 19.3 Å². The Kier molecular flexibility index (Phi) is 8.38. The first-order chi connectivity index (χ1) is 15.4. The van der Waals surface area contributed by atoms with Crippen LogP contribution in [0.15, 0.2) is 30.5 Å². The molecule has 0 saturated heterocycles. The Morgan fingerprint density at radius 1 is 1.34 bits per heavy atom. The molecule has 9 nitrogen and oxygen atoms in total. The fourth-order valence-electron chi connectivity index (χ4n) is 4.17. The number of aliphatic hydroxyl groups excluding tert-OH is 1. The van der Waals surface area contributed by atoms with Crippen molar-refractivity contribution in [3.8, 4) is 11.4 Å². The standard InChI is InChI=1S/C21H29N5O2.C2H4O2/c1-2-11-28-19-8-7-14(12-17(19)22)21-24-20(25-26(21)9-10-27)16-13-23-18-6-4-3-5-15(16)18;1-2(3)4/h3-6,13-14,17,19,23,27H,2,7-12,22H2,1H3;1H3,(H,3,4)/t14-,17+,19+;/m0./s1. The number of carboxylic acid groups (broad SMARTS) is 1. The van der Waals surface area contributed by atoms with Crippen molar-refractivity contribution in [1.29, 1.82) is 0 Å². The number of nitrogens with two attached hydrogens (primary N) is 1. The highest BCUT2D eigenvalue weighted by Gasteiger charge is 2.32. The lowest BCUT2D eigenvalue weighted by atomic mass is 9.83. The fraction of sp³-hybridized carbons (Fsp3) is 0.522. The van der Waals surface area contributed by atoms with Crippen LogP contribution in [0.5, 0.6) is 0 Å². The molecule has 1 aliphatic rings. The van der Waals surface area contributed by atoms with Gasteiger partial charge in [0.25, 0.3) is 5.97 Å². The van der Waals surface area contributed by atoms with Gasteiger partial charge in [-0.1, -0.05) is 25.1 Å². The quantitative estimate of drug-likeness (QED) is 0.440. The summed E-state index contributed by atoms with van der Waals surface area (Å²) in [6.07, 6.45) is 5.81. The lowest BCUT2D eigenvalue weighted by molar-refractivity contribution is -0.134. The van der Waals surface area contributed by atoms with Crippen LogP contribution in [0.2, 0.25) is 0 Å². The van der Waals surface area contributed by atoms with E-state index < -0.39 is 5.97 Å². The molecule has 0 aliphatic heterocycles. The molecule has 0 amide bonds. The van der Waals surface area contributed by atoms with E-state index >= 15 is 0 Å². The van der Waals surface area contributed by atoms with Crippen molar-refractivity contribution in [2.75, 3.05) is 13.2 Å². The van der Waals surface area contributed by atoms with E-state index in [9.17, 15) is 5.11 Å². The summed E-state index contributed by atoms with van der Waals surface area (Å²) in [6, 6.07) is 8.13. The molecule has 4 rings (SSSR count). The van der Waals surface area contributed by atoms with Gasteiger partial charge in [-0.25, -0.2) is 9.67 Å². The van der Waals surface area contributed by atoms with Gasteiger partial charge in [0, 0.05) is 48.2 Å². The number of rotatable bonds is 7. The maximum Gasteiger partial charge on any atom is 0.300 e. The van der Waals surface area contributed by atoms with Crippen LogP contribution in [0.1, 0.15) is 51.3 Å². The molecule has 5 N–H and O–H groups in total. The molecule has 32 heavy (non-hydrogen) atoms. The molecule has 0 bridgehead atoms. The number of aliphatic hydroxyl groups is 1. The molecule has 3 aromatic rings. The molecule has 2 aromatic heterocycles. The highest BCUT2D eigenvalue weighted by Crippen LogP contribution is 2.34. The number of nitrogens with one attached hydrogen (secondary N) is 1.